The summed E-state index contributed by atoms with van der Waals surface area (Å²) in [6.45, 7) is 19.7. The van der Waals surface area contributed by atoms with Crippen molar-refractivity contribution in [1.82, 2.24) is 9.97 Å². The van der Waals surface area contributed by atoms with Crippen LogP contribution in [0.3, 0.4) is 0 Å². The average molecular weight is 965 g/mol. The van der Waals surface area contributed by atoms with Crippen LogP contribution in [0.15, 0.2) is 24.3 Å². The van der Waals surface area contributed by atoms with Crippen LogP contribution in [0.2, 0.25) is 0 Å². The van der Waals surface area contributed by atoms with E-state index in [-0.39, 0.29) is 70.0 Å². The Labute approximate surface area is 419 Å². The van der Waals surface area contributed by atoms with Crippen LogP contribution in [0, 0.1) is 92.7 Å². The molecule has 8 aliphatic carbocycles. The van der Waals surface area contributed by atoms with Gasteiger partial charge in [0.05, 0.1) is 11.0 Å². The second kappa shape index (κ2) is 19.1. The number of aryl methyl sites for hydroxylation is 1. The summed E-state index contributed by atoms with van der Waals surface area (Å²) in [7, 11) is 0. The summed E-state index contributed by atoms with van der Waals surface area (Å²) in [4.78, 5) is 59.8. The van der Waals surface area contributed by atoms with E-state index in [2.05, 4.69) is 70.8 Å². The summed E-state index contributed by atoms with van der Waals surface area (Å²) in [6.07, 6.45) is 19.9. The van der Waals surface area contributed by atoms with Crippen LogP contribution in [-0.4, -0.2) is 58.3 Å². The van der Waals surface area contributed by atoms with E-state index in [4.69, 9.17) is 23.9 Å². The van der Waals surface area contributed by atoms with E-state index in [0.29, 0.717) is 77.4 Å². The molecule has 0 aliphatic heterocycles. The number of hydrogen-bond acceptors (Lipinski definition) is 9. The first kappa shape index (κ1) is 50.1. The van der Waals surface area contributed by atoms with Crippen molar-refractivity contribution in [1.29, 1.82) is 0 Å². The van der Waals surface area contributed by atoms with Gasteiger partial charge in [-0.2, -0.15) is 0 Å². The van der Waals surface area contributed by atoms with E-state index in [9.17, 15) is 19.2 Å². The standard InChI is InChI=1S/C60H88N2O8/c1-34(14-20-53-61-49-12-10-11-13-50(49)62-53)43-16-18-45-55-48(24-28-59(43,45)8)58(7)27-23-42(31-40(58)33-52(55)69-38(5)65)70-54(66)21-15-35(2)44-17-19-46-56-47(25-29-60(44,46)9)57(6)26-22-41(67-36(3)63)30-39(57)32-51(56)68-37(4)64/h10-13,34-35,39-48,51-52,55-56H,14-33H2,1-9H3,(H,61,62)/t34-,35-,39?,40?,41-,42-,43-,44-,45+,46+,47+,48+,51-,52-,55+,56+,57+,58+,59-,60-/m1/s1. The number of aromatic nitrogens is 2. The summed E-state index contributed by atoms with van der Waals surface area (Å²) < 4.78 is 24.9. The molecule has 1 aromatic carbocycles. The van der Waals surface area contributed by atoms with Gasteiger partial charge >= 0.3 is 23.9 Å². The number of imidazole rings is 1. The molecular weight excluding hydrogens is 877 g/mol. The summed E-state index contributed by atoms with van der Waals surface area (Å²) in [5, 5.41) is 0. The quantitative estimate of drug-likeness (QED) is 0.163. The molecule has 2 unspecified atom stereocenters. The van der Waals surface area contributed by atoms with Crippen molar-refractivity contribution in [3.05, 3.63) is 30.1 Å². The molecule has 1 N–H and O–H groups in total. The van der Waals surface area contributed by atoms with Crippen molar-refractivity contribution < 1.29 is 38.1 Å². The molecule has 0 radical (unpaired) electrons. The van der Waals surface area contributed by atoms with Gasteiger partial charge in [0, 0.05) is 45.4 Å². The third-order valence-electron chi connectivity index (χ3n) is 23.1. The molecule has 10 rings (SSSR count). The zero-order chi connectivity index (χ0) is 49.5. The number of para-hydroxylation sites is 2. The number of aromatic amines is 1. The molecule has 0 amide bonds. The number of rotatable bonds is 12. The number of carbonyl (C=O) groups is 4. The second-order valence-electron chi connectivity index (χ2n) is 26.3. The molecule has 1 aromatic heterocycles. The summed E-state index contributed by atoms with van der Waals surface area (Å²) in [6, 6.07) is 8.32. The highest BCUT2D eigenvalue weighted by Gasteiger charge is 2.66. The molecule has 10 heteroatoms. The molecule has 20 atom stereocenters. The smallest absolute Gasteiger partial charge is 0.306 e. The summed E-state index contributed by atoms with van der Waals surface area (Å²) in [5.41, 5.74) is 2.82. The lowest BCUT2D eigenvalue weighted by molar-refractivity contribution is -0.197. The van der Waals surface area contributed by atoms with Gasteiger partial charge in [0.25, 0.3) is 0 Å². The van der Waals surface area contributed by atoms with Crippen LogP contribution >= 0.6 is 0 Å². The zero-order valence-electron chi connectivity index (χ0n) is 44.4. The highest BCUT2D eigenvalue weighted by Crippen LogP contribution is 2.71. The SMILES string of the molecule is CC(=O)O[C@@H]1CC[C@@]2(C)C(C1)C[C@@H](OC(C)=O)[C@H]1[C@@H]3CC[C@H]([C@H](C)CCC(=O)O[C@@H]4CC[C@@]5(C)C(C4)C[C@@H](OC(C)=O)[C@H]4[C@@H]6CC[C@H]([C@H](C)CCc7nc8ccccc8[nH]7)[C@@]6(C)CC[C@@H]45)[C@@]3(C)CC[C@@H]12. The molecule has 0 bridgehead atoms. The van der Waals surface area contributed by atoms with Crippen molar-refractivity contribution >= 4 is 34.9 Å². The predicted octanol–water partition coefficient (Wildman–Crippen LogP) is 12.8. The lowest BCUT2D eigenvalue weighted by Crippen LogP contribution is -2.59. The largest absolute Gasteiger partial charge is 0.463 e. The number of nitrogens with one attached hydrogen (secondary N) is 1. The van der Waals surface area contributed by atoms with Crippen molar-refractivity contribution in [2.75, 3.05) is 0 Å². The van der Waals surface area contributed by atoms with E-state index in [1.807, 2.05) is 0 Å². The number of H-pyrrole nitrogens is 1. The van der Waals surface area contributed by atoms with Gasteiger partial charge in [-0.15, -0.1) is 0 Å². The monoisotopic (exact) mass is 965 g/mol. The molecule has 2 aromatic rings. The van der Waals surface area contributed by atoms with E-state index in [1.165, 1.54) is 39.0 Å². The molecule has 386 valence electrons. The van der Waals surface area contributed by atoms with Crippen LogP contribution in [0.1, 0.15) is 190 Å². The van der Waals surface area contributed by atoms with E-state index in [0.717, 1.165) is 107 Å². The Morgan fingerprint density at radius 3 is 1.57 bits per heavy atom. The minimum absolute atomic E-state index is 0.0456. The topological polar surface area (TPSA) is 134 Å². The summed E-state index contributed by atoms with van der Waals surface area (Å²) >= 11 is 0. The second-order valence-corrected chi connectivity index (χ2v) is 26.3. The number of fused-ring (bicyclic) bond motifs is 11. The Morgan fingerprint density at radius 1 is 0.586 bits per heavy atom. The van der Waals surface area contributed by atoms with Crippen LogP contribution < -0.4 is 0 Å². The van der Waals surface area contributed by atoms with Crippen LogP contribution in [-0.2, 0) is 44.5 Å². The fourth-order valence-electron chi connectivity index (χ4n) is 19.9. The van der Waals surface area contributed by atoms with Crippen molar-refractivity contribution in [3.63, 3.8) is 0 Å². The molecule has 1 heterocycles. The average Bonchev–Trinajstić information content (AvgIpc) is 4.00. The zero-order valence-corrected chi connectivity index (χ0v) is 44.4. The molecule has 8 aliphatic rings. The van der Waals surface area contributed by atoms with Gasteiger partial charge in [-0.05, 0) is 209 Å². The number of esters is 4. The first-order valence-corrected chi connectivity index (χ1v) is 28.5. The lowest BCUT2D eigenvalue weighted by Gasteiger charge is -2.63. The fraction of sp³-hybridized carbons (Fsp3) is 0.817. The third kappa shape index (κ3) is 8.86. The van der Waals surface area contributed by atoms with Crippen LogP contribution in [0.25, 0.3) is 11.0 Å². The van der Waals surface area contributed by atoms with Gasteiger partial charge in [-0.3, -0.25) is 19.2 Å². The van der Waals surface area contributed by atoms with Crippen LogP contribution in [0.4, 0.5) is 0 Å². The van der Waals surface area contributed by atoms with E-state index < -0.39 is 0 Å². The highest BCUT2D eigenvalue weighted by molar-refractivity contribution is 5.74. The normalized spacial score (nSPS) is 43.7. The van der Waals surface area contributed by atoms with Gasteiger partial charge in [-0.25, -0.2) is 4.98 Å². The van der Waals surface area contributed by atoms with Gasteiger partial charge in [0.2, 0.25) is 0 Å². The maximum atomic E-state index is 13.9. The van der Waals surface area contributed by atoms with Gasteiger partial charge in [-0.1, -0.05) is 53.7 Å². The van der Waals surface area contributed by atoms with Crippen molar-refractivity contribution in [2.24, 2.45) is 92.7 Å². The van der Waals surface area contributed by atoms with Gasteiger partial charge in [0.15, 0.2) is 0 Å². The number of carbonyl (C=O) groups excluding carboxylic acids is 4. The minimum atomic E-state index is -0.205. The lowest BCUT2D eigenvalue weighted by atomic mass is 9.43. The van der Waals surface area contributed by atoms with E-state index in [1.54, 1.807) is 13.8 Å². The predicted molar refractivity (Wildman–Crippen MR) is 270 cm³/mol. The first-order chi connectivity index (χ1) is 33.3. The van der Waals surface area contributed by atoms with Crippen molar-refractivity contribution in [2.45, 2.75) is 215 Å². The number of hydrogen-bond donors (Lipinski definition) is 1. The fourth-order valence-corrected chi connectivity index (χ4v) is 19.9. The Kier molecular flexibility index (Phi) is 13.7. The Balaban J connectivity index is 0.751. The molecule has 70 heavy (non-hydrogen) atoms. The maximum absolute atomic E-state index is 13.9. The molecule has 0 spiro atoms. The maximum Gasteiger partial charge on any atom is 0.306 e. The van der Waals surface area contributed by atoms with Gasteiger partial charge < -0.3 is 23.9 Å². The minimum Gasteiger partial charge on any atom is -0.463 e. The number of benzene rings is 1. The molecule has 10 nitrogen and oxygen atoms in total. The van der Waals surface area contributed by atoms with Gasteiger partial charge in [0.1, 0.15) is 30.2 Å². The Morgan fingerprint density at radius 2 is 1.06 bits per heavy atom. The first-order valence-electron chi connectivity index (χ1n) is 28.5. The Hall–Kier alpha value is -3.43. The molecule has 8 saturated carbocycles. The van der Waals surface area contributed by atoms with Crippen LogP contribution in [0.5, 0.6) is 0 Å². The number of ether oxygens (including phenoxy) is 4. The third-order valence-corrected chi connectivity index (χ3v) is 23.1. The molecule has 8 fully saturated rings. The number of nitrogens with zero attached hydrogens (tertiary/aromatic N) is 1. The molecule has 0 saturated heterocycles. The Bertz CT molecular complexity index is 2240. The molecular formula is C60H88N2O8. The summed E-state index contributed by atoms with van der Waals surface area (Å²) in [5.74, 6) is 6.07. The highest BCUT2D eigenvalue weighted by atomic mass is 16.6. The van der Waals surface area contributed by atoms with E-state index >= 15 is 0 Å². The van der Waals surface area contributed by atoms with Crippen molar-refractivity contribution in [3.8, 4) is 0 Å².